The Hall–Kier alpha value is -1.10. The molecule has 0 spiro atoms. The van der Waals surface area contributed by atoms with Gasteiger partial charge in [-0.05, 0) is 43.4 Å². The number of rotatable bonds is 12. The minimum absolute atomic E-state index is 0.0846. The Morgan fingerprint density at radius 2 is 1.78 bits per heavy atom. The Morgan fingerprint density at radius 1 is 1.13 bits per heavy atom. The molecule has 0 aromatic carbocycles. The lowest BCUT2D eigenvalue weighted by atomic mass is 9.86. The average Bonchev–Trinajstić information content (AvgIpc) is 2.40. The van der Waals surface area contributed by atoms with Crippen molar-refractivity contribution in [3.8, 4) is 0 Å². The smallest absolute Gasteiger partial charge is 0.315 e. The largest absolute Gasteiger partial charge is 0.481 e. The Morgan fingerprint density at radius 3 is 2.35 bits per heavy atom. The van der Waals surface area contributed by atoms with Crippen LogP contribution in [0.5, 0.6) is 0 Å². The summed E-state index contributed by atoms with van der Waals surface area (Å²) in [5.41, 5.74) is 0. The van der Waals surface area contributed by atoms with E-state index < -0.39 is 5.97 Å². The Balaban J connectivity index is 2.08. The van der Waals surface area contributed by atoms with Crippen LogP contribution in [0.25, 0.3) is 0 Å². The standard InChI is InChI=1S/C18H32O5/c1-12(8-13(2)9-14(3)10-17(20)21)6-4-5-7-16-15(11-19)18(22)23-16/h12-16,19H,4-11H2,1-3H3,(H,20,21). The van der Waals surface area contributed by atoms with Crippen LogP contribution in [0.2, 0.25) is 0 Å². The number of aliphatic hydroxyl groups excluding tert-OH is 1. The molecule has 23 heavy (non-hydrogen) atoms. The number of aliphatic hydroxyl groups is 1. The summed E-state index contributed by atoms with van der Waals surface area (Å²) in [5.74, 6) is 0.123. The number of carbonyl (C=O) groups is 2. The van der Waals surface area contributed by atoms with E-state index in [0.717, 1.165) is 38.5 Å². The van der Waals surface area contributed by atoms with Gasteiger partial charge in [-0.1, -0.05) is 33.6 Å². The van der Waals surface area contributed by atoms with Crippen LogP contribution in [0.4, 0.5) is 0 Å². The molecule has 5 heteroatoms. The molecule has 0 bridgehead atoms. The molecule has 0 saturated carbocycles. The molecule has 134 valence electrons. The number of hydrogen-bond donors (Lipinski definition) is 2. The lowest BCUT2D eigenvalue weighted by Crippen LogP contribution is -2.47. The Labute approximate surface area is 139 Å². The van der Waals surface area contributed by atoms with E-state index in [1.54, 1.807) is 0 Å². The number of aliphatic carboxylic acids is 1. The average molecular weight is 328 g/mol. The maximum atomic E-state index is 11.1. The van der Waals surface area contributed by atoms with Gasteiger partial charge in [0.2, 0.25) is 0 Å². The van der Waals surface area contributed by atoms with Crippen LogP contribution in [-0.2, 0) is 14.3 Å². The zero-order chi connectivity index (χ0) is 17.4. The molecule has 1 heterocycles. The molecule has 0 amide bonds. The predicted octanol–water partition coefficient (Wildman–Crippen LogP) is 3.24. The zero-order valence-electron chi connectivity index (χ0n) is 14.7. The van der Waals surface area contributed by atoms with Crippen molar-refractivity contribution in [3.05, 3.63) is 0 Å². The maximum absolute atomic E-state index is 11.1. The monoisotopic (exact) mass is 328 g/mol. The number of esters is 1. The van der Waals surface area contributed by atoms with Crippen molar-refractivity contribution < 1.29 is 24.5 Å². The number of cyclic esters (lactones) is 1. The Bertz CT molecular complexity index is 382. The number of carbonyl (C=O) groups excluding carboxylic acids is 1. The zero-order valence-corrected chi connectivity index (χ0v) is 14.7. The van der Waals surface area contributed by atoms with E-state index in [1.165, 1.54) is 0 Å². The molecule has 0 aromatic heterocycles. The van der Waals surface area contributed by atoms with E-state index in [4.69, 9.17) is 14.9 Å². The highest BCUT2D eigenvalue weighted by atomic mass is 16.6. The van der Waals surface area contributed by atoms with Crippen LogP contribution < -0.4 is 0 Å². The summed E-state index contributed by atoms with van der Waals surface area (Å²) in [6.07, 6.45) is 6.36. The summed E-state index contributed by atoms with van der Waals surface area (Å²) < 4.78 is 5.04. The maximum Gasteiger partial charge on any atom is 0.315 e. The van der Waals surface area contributed by atoms with Gasteiger partial charge in [0.1, 0.15) is 12.0 Å². The second kappa shape index (κ2) is 9.91. The summed E-state index contributed by atoms with van der Waals surface area (Å²) in [6, 6.07) is 0. The molecule has 5 unspecified atom stereocenters. The van der Waals surface area contributed by atoms with Crippen LogP contribution >= 0.6 is 0 Å². The SMILES string of the molecule is CC(CCCCC1OC(=O)C1CO)CC(C)CC(C)CC(=O)O. The second-order valence-corrected chi connectivity index (χ2v) is 7.43. The lowest BCUT2D eigenvalue weighted by molar-refractivity contribution is -0.189. The number of hydrogen-bond acceptors (Lipinski definition) is 4. The van der Waals surface area contributed by atoms with Gasteiger partial charge in [0.05, 0.1) is 6.61 Å². The summed E-state index contributed by atoms with van der Waals surface area (Å²) in [4.78, 5) is 21.8. The van der Waals surface area contributed by atoms with Gasteiger partial charge in [-0.3, -0.25) is 9.59 Å². The van der Waals surface area contributed by atoms with Crippen LogP contribution in [0, 0.1) is 23.7 Å². The van der Waals surface area contributed by atoms with E-state index in [9.17, 15) is 9.59 Å². The molecular weight excluding hydrogens is 296 g/mol. The van der Waals surface area contributed by atoms with Crippen molar-refractivity contribution in [2.45, 2.75) is 71.8 Å². The van der Waals surface area contributed by atoms with E-state index in [0.29, 0.717) is 11.8 Å². The first-order valence-electron chi connectivity index (χ1n) is 8.86. The molecule has 1 saturated heterocycles. The van der Waals surface area contributed by atoms with Gasteiger partial charge in [0.15, 0.2) is 0 Å². The molecular formula is C18H32O5. The summed E-state index contributed by atoms with van der Waals surface area (Å²) in [5, 5.41) is 17.9. The van der Waals surface area contributed by atoms with Crippen LogP contribution in [0.1, 0.15) is 65.7 Å². The van der Waals surface area contributed by atoms with Gasteiger partial charge in [0.25, 0.3) is 0 Å². The molecule has 1 aliphatic rings. The third kappa shape index (κ3) is 7.34. The lowest BCUT2D eigenvalue weighted by Gasteiger charge is -2.33. The topological polar surface area (TPSA) is 83.8 Å². The van der Waals surface area contributed by atoms with Crippen LogP contribution in [-0.4, -0.2) is 34.9 Å². The van der Waals surface area contributed by atoms with Gasteiger partial charge in [-0.15, -0.1) is 0 Å². The molecule has 1 rings (SSSR count). The van der Waals surface area contributed by atoms with Crippen molar-refractivity contribution in [3.63, 3.8) is 0 Å². The molecule has 0 aromatic rings. The first kappa shape index (κ1) is 19.9. The van der Waals surface area contributed by atoms with Gasteiger partial charge in [-0.2, -0.15) is 0 Å². The molecule has 1 fully saturated rings. The van der Waals surface area contributed by atoms with Crippen LogP contribution in [0.15, 0.2) is 0 Å². The van der Waals surface area contributed by atoms with Gasteiger partial charge < -0.3 is 14.9 Å². The number of ether oxygens (including phenoxy) is 1. The van der Waals surface area contributed by atoms with Crippen molar-refractivity contribution in [1.82, 2.24) is 0 Å². The van der Waals surface area contributed by atoms with E-state index in [2.05, 4.69) is 13.8 Å². The molecule has 1 aliphatic heterocycles. The third-order valence-electron chi connectivity index (χ3n) is 4.78. The summed E-state index contributed by atoms with van der Waals surface area (Å²) in [6.45, 7) is 6.35. The fraction of sp³-hybridized carbons (Fsp3) is 0.889. The highest BCUT2D eigenvalue weighted by Crippen LogP contribution is 2.28. The normalized spacial score (nSPS) is 24.4. The van der Waals surface area contributed by atoms with E-state index in [1.807, 2.05) is 6.92 Å². The molecule has 2 N–H and O–H groups in total. The highest BCUT2D eigenvalue weighted by Gasteiger charge is 2.41. The van der Waals surface area contributed by atoms with Crippen molar-refractivity contribution >= 4 is 11.9 Å². The van der Waals surface area contributed by atoms with Gasteiger partial charge in [-0.25, -0.2) is 0 Å². The quantitative estimate of drug-likeness (QED) is 0.424. The Kier molecular flexibility index (Phi) is 8.59. The summed E-state index contributed by atoms with van der Waals surface area (Å²) in [7, 11) is 0. The second-order valence-electron chi connectivity index (χ2n) is 7.43. The highest BCUT2D eigenvalue weighted by molar-refractivity contribution is 5.78. The first-order valence-corrected chi connectivity index (χ1v) is 8.86. The molecule has 5 nitrogen and oxygen atoms in total. The minimum Gasteiger partial charge on any atom is -0.481 e. The first-order chi connectivity index (χ1) is 10.8. The molecule has 5 atom stereocenters. The van der Waals surface area contributed by atoms with Crippen molar-refractivity contribution in [2.24, 2.45) is 23.7 Å². The van der Waals surface area contributed by atoms with Crippen molar-refractivity contribution in [2.75, 3.05) is 6.61 Å². The molecule has 0 radical (unpaired) electrons. The number of carboxylic acids is 1. The third-order valence-corrected chi connectivity index (χ3v) is 4.78. The van der Waals surface area contributed by atoms with E-state index in [-0.39, 0.29) is 36.9 Å². The van der Waals surface area contributed by atoms with Crippen molar-refractivity contribution in [1.29, 1.82) is 0 Å². The van der Waals surface area contributed by atoms with E-state index >= 15 is 0 Å². The summed E-state index contributed by atoms with van der Waals surface area (Å²) >= 11 is 0. The minimum atomic E-state index is -0.712. The van der Waals surface area contributed by atoms with Gasteiger partial charge in [0, 0.05) is 6.42 Å². The number of carboxylic acid groups (broad SMARTS) is 1. The van der Waals surface area contributed by atoms with Crippen LogP contribution in [0.3, 0.4) is 0 Å². The number of unbranched alkanes of at least 4 members (excludes halogenated alkanes) is 1. The fourth-order valence-corrected chi connectivity index (χ4v) is 3.66. The molecule has 0 aliphatic carbocycles. The predicted molar refractivity (Wildman–Crippen MR) is 87.9 cm³/mol. The fourth-order valence-electron chi connectivity index (χ4n) is 3.66. The van der Waals surface area contributed by atoms with Gasteiger partial charge >= 0.3 is 11.9 Å².